The fourth-order valence-corrected chi connectivity index (χ4v) is 3.68. The zero-order valence-corrected chi connectivity index (χ0v) is 15.9. The molecule has 0 aliphatic carbocycles. The summed E-state index contributed by atoms with van der Waals surface area (Å²) in [5.74, 6) is -2.33. The van der Waals surface area contributed by atoms with Crippen LogP contribution < -0.4 is 0 Å². The minimum Gasteiger partial charge on any atom is -0.347 e. The molecule has 2 amide bonds. The molecule has 3 aromatic rings. The molecule has 2 heterocycles. The van der Waals surface area contributed by atoms with Crippen molar-refractivity contribution in [1.82, 2.24) is 14.4 Å². The van der Waals surface area contributed by atoms with Crippen molar-refractivity contribution in [3.05, 3.63) is 71.9 Å². The fraction of sp³-hybridized carbons (Fsp3) is 0.273. The number of para-hydroxylation sites is 1. The average molecular weight is 397 g/mol. The molecule has 0 atom stereocenters. The molecule has 150 valence electrons. The first kappa shape index (κ1) is 19.1. The minimum atomic E-state index is -1.04. The first-order valence-electron chi connectivity index (χ1n) is 9.59. The molecule has 0 saturated carbocycles. The highest BCUT2D eigenvalue weighted by Gasteiger charge is 2.25. The summed E-state index contributed by atoms with van der Waals surface area (Å²) in [7, 11) is 0. The molecular formula is C22H21F2N3O2. The molecular weight excluding hydrogens is 376 g/mol. The number of piperazine rings is 1. The number of rotatable bonds is 4. The van der Waals surface area contributed by atoms with Gasteiger partial charge in [0, 0.05) is 56.4 Å². The van der Waals surface area contributed by atoms with Gasteiger partial charge < -0.3 is 14.4 Å². The number of amides is 2. The first-order valence-corrected chi connectivity index (χ1v) is 9.59. The summed E-state index contributed by atoms with van der Waals surface area (Å²) >= 11 is 0. The predicted molar refractivity (Wildman–Crippen MR) is 105 cm³/mol. The minimum absolute atomic E-state index is 0.0442. The second-order valence-electron chi connectivity index (χ2n) is 7.12. The van der Waals surface area contributed by atoms with E-state index in [0.717, 1.165) is 23.0 Å². The molecule has 0 spiro atoms. The van der Waals surface area contributed by atoms with Gasteiger partial charge in [-0.1, -0.05) is 18.2 Å². The van der Waals surface area contributed by atoms with Crippen molar-refractivity contribution in [3.63, 3.8) is 0 Å². The average Bonchev–Trinajstić information content (AvgIpc) is 3.17. The van der Waals surface area contributed by atoms with Crippen molar-refractivity contribution in [2.75, 3.05) is 26.2 Å². The van der Waals surface area contributed by atoms with Gasteiger partial charge in [-0.25, -0.2) is 8.78 Å². The van der Waals surface area contributed by atoms with E-state index in [1.54, 1.807) is 9.80 Å². The van der Waals surface area contributed by atoms with Gasteiger partial charge in [-0.3, -0.25) is 9.59 Å². The van der Waals surface area contributed by atoms with Crippen LogP contribution >= 0.6 is 0 Å². The van der Waals surface area contributed by atoms with Crippen LogP contribution in [0.3, 0.4) is 0 Å². The summed E-state index contributed by atoms with van der Waals surface area (Å²) in [6, 6.07) is 13.2. The molecule has 4 rings (SSSR count). The highest BCUT2D eigenvalue weighted by atomic mass is 19.2. The molecule has 1 fully saturated rings. The van der Waals surface area contributed by atoms with E-state index in [-0.39, 0.29) is 17.4 Å². The zero-order valence-electron chi connectivity index (χ0n) is 15.9. The second kappa shape index (κ2) is 8.03. The Bertz CT molecular complexity index is 1060. The molecule has 2 aromatic carbocycles. The lowest BCUT2D eigenvalue weighted by Gasteiger charge is -2.35. The van der Waals surface area contributed by atoms with Crippen molar-refractivity contribution in [3.8, 4) is 0 Å². The van der Waals surface area contributed by atoms with Crippen LogP contribution in [0.1, 0.15) is 16.8 Å². The number of nitrogens with zero attached hydrogens (tertiary/aromatic N) is 3. The van der Waals surface area contributed by atoms with E-state index < -0.39 is 11.6 Å². The largest absolute Gasteiger partial charge is 0.347 e. The number of aryl methyl sites for hydroxylation is 1. The maximum atomic E-state index is 13.4. The maximum absolute atomic E-state index is 13.4. The number of carbonyl (C=O) groups is 2. The van der Waals surface area contributed by atoms with E-state index >= 15 is 0 Å². The Labute approximate surface area is 167 Å². The lowest BCUT2D eigenvalue weighted by atomic mass is 10.1. The van der Waals surface area contributed by atoms with Crippen LogP contribution in [0.25, 0.3) is 10.9 Å². The summed E-state index contributed by atoms with van der Waals surface area (Å²) in [4.78, 5) is 28.4. The van der Waals surface area contributed by atoms with Crippen LogP contribution in [-0.4, -0.2) is 52.4 Å². The topological polar surface area (TPSA) is 45.6 Å². The van der Waals surface area contributed by atoms with E-state index in [9.17, 15) is 18.4 Å². The Morgan fingerprint density at radius 1 is 0.862 bits per heavy atom. The Kier molecular flexibility index (Phi) is 5.29. The summed E-state index contributed by atoms with van der Waals surface area (Å²) in [5.41, 5.74) is 1.21. The lowest BCUT2D eigenvalue weighted by Crippen LogP contribution is -2.50. The first-order chi connectivity index (χ1) is 14.0. The SMILES string of the molecule is O=C(CCn1ccc2ccccc21)N1CCN(C(=O)c2ccc(F)c(F)c2)CC1. The van der Waals surface area contributed by atoms with Crippen LogP contribution in [0, 0.1) is 11.6 Å². The van der Waals surface area contributed by atoms with E-state index in [1.165, 1.54) is 6.07 Å². The van der Waals surface area contributed by atoms with Crippen molar-refractivity contribution in [2.45, 2.75) is 13.0 Å². The molecule has 0 N–H and O–H groups in total. The van der Waals surface area contributed by atoms with Gasteiger partial charge in [0.2, 0.25) is 5.91 Å². The number of fused-ring (bicyclic) bond motifs is 1. The predicted octanol–water partition coefficient (Wildman–Crippen LogP) is 3.29. The molecule has 1 aromatic heterocycles. The van der Waals surface area contributed by atoms with Gasteiger partial charge in [0.1, 0.15) is 0 Å². The quantitative estimate of drug-likeness (QED) is 0.678. The lowest BCUT2D eigenvalue weighted by molar-refractivity contribution is -0.132. The smallest absolute Gasteiger partial charge is 0.254 e. The van der Waals surface area contributed by atoms with Crippen LogP contribution in [0.5, 0.6) is 0 Å². The summed E-state index contributed by atoms with van der Waals surface area (Å²) in [6.07, 6.45) is 2.37. The van der Waals surface area contributed by atoms with Crippen LogP contribution in [0.2, 0.25) is 0 Å². The summed E-state index contributed by atoms with van der Waals surface area (Å²) in [5, 5.41) is 1.14. The number of hydrogen-bond donors (Lipinski definition) is 0. The third-order valence-corrected chi connectivity index (χ3v) is 5.33. The molecule has 29 heavy (non-hydrogen) atoms. The van der Waals surface area contributed by atoms with Gasteiger partial charge in [-0.2, -0.15) is 0 Å². The monoisotopic (exact) mass is 397 g/mol. The molecule has 0 unspecified atom stereocenters. The van der Waals surface area contributed by atoms with Crippen molar-refractivity contribution < 1.29 is 18.4 Å². The van der Waals surface area contributed by atoms with E-state index in [4.69, 9.17) is 0 Å². The third-order valence-electron chi connectivity index (χ3n) is 5.33. The van der Waals surface area contributed by atoms with Crippen molar-refractivity contribution in [1.29, 1.82) is 0 Å². The van der Waals surface area contributed by atoms with Crippen LogP contribution in [0.4, 0.5) is 8.78 Å². The van der Waals surface area contributed by atoms with Crippen molar-refractivity contribution >= 4 is 22.7 Å². The maximum Gasteiger partial charge on any atom is 0.254 e. The van der Waals surface area contributed by atoms with Crippen molar-refractivity contribution in [2.24, 2.45) is 0 Å². The summed E-state index contributed by atoms with van der Waals surface area (Å²) < 4.78 is 28.5. The molecule has 5 nitrogen and oxygen atoms in total. The van der Waals surface area contributed by atoms with Gasteiger partial charge in [-0.05, 0) is 35.7 Å². The Morgan fingerprint density at radius 2 is 1.59 bits per heavy atom. The Hall–Kier alpha value is -3.22. The van der Waals surface area contributed by atoms with Gasteiger partial charge >= 0.3 is 0 Å². The van der Waals surface area contributed by atoms with Gasteiger partial charge in [0.15, 0.2) is 11.6 Å². The van der Waals surface area contributed by atoms with Crippen LogP contribution in [0.15, 0.2) is 54.7 Å². The molecule has 0 bridgehead atoms. The van der Waals surface area contributed by atoms with Gasteiger partial charge in [0.25, 0.3) is 5.91 Å². The molecule has 1 aliphatic heterocycles. The molecule has 1 aliphatic rings. The number of aromatic nitrogens is 1. The van der Waals surface area contributed by atoms with Crippen LogP contribution in [-0.2, 0) is 11.3 Å². The molecule has 7 heteroatoms. The van der Waals surface area contributed by atoms with Gasteiger partial charge in [-0.15, -0.1) is 0 Å². The highest BCUT2D eigenvalue weighted by Crippen LogP contribution is 2.16. The number of carbonyl (C=O) groups excluding carboxylic acids is 2. The third kappa shape index (κ3) is 3.99. The highest BCUT2D eigenvalue weighted by molar-refractivity contribution is 5.94. The Balaban J connectivity index is 1.31. The van der Waals surface area contributed by atoms with E-state index in [1.807, 2.05) is 36.5 Å². The second-order valence-corrected chi connectivity index (χ2v) is 7.12. The fourth-order valence-electron chi connectivity index (χ4n) is 3.68. The number of hydrogen-bond acceptors (Lipinski definition) is 2. The van der Waals surface area contributed by atoms with Gasteiger partial charge in [0.05, 0.1) is 0 Å². The number of halogens is 2. The molecule has 0 radical (unpaired) electrons. The molecule has 1 saturated heterocycles. The normalized spacial score (nSPS) is 14.4. The summed E-state index contributed by atoms with van der Waals surface area (Å²) in [6.45, 7) is 2.20. The number of benzene rings is 2. The zero-order chi connectivity index (χ0) is 20.4. The van der Waals surface area contributed by atoms with E-state index in [2.05, 4.69) is 4.57 Å². The standard InChI is InChI=1S/C22H21F2N3O2/c23-18-6-5-17(15-19(18)24)22(29)27-13-11-26(12-14-27)21(28)8-10-25-9-7-16-3-1-2-4-20(16)25/h1-7,9,15H,8,10-14H2. The van der Waals surface area contributed by atoms with E-state index in [0.29, 0.717) is 39.1 Å². The Morgan fingerprint density at radius 3 is 2.34 bits per heavy atom.